The van der Waals surface area contributed by atoms with E-state index < -0.39 is 6.04 Å². The number of amides is 1. The van der Waals surface area contributed by atoms with Crippen molar-refractivity contribution in [1.82, 2.24) is 15.1 Å². The Morgan fingerprint density at radius 1 is 1.45 bits per heavy atom. The van der Waals surface area contributed by atoms with Gasteiger partial charge >= 0.3 is 0 Å². The predicted molar refractivity (Wildman–Crippen MR) is 84.8 cm³/mol. The summed E-state index contributed by atoms with van der Waals surface area (Å²) in [6, 6.07) is -0.392. The monoisotopic (exact) mass is 297 g/mol. The maximum Gasteiger partial charge on any atom is 0.242 e. The van der Waals surface area contributed by atoms with Crippen LogP contribution in [-0.4, -0.2) is 33.3 Å². The third kappa shape index (κ3) is 3.93. The molecule has 0 aliphatic heterocycles. The number of rotatable bonds is 6. The summed E-state index contributed by atoms with van der Waals surface area (Å²) in [7, 11) is 1.79. The molecule has 0 saturated carbocycles. The van der Waals surface area contributed by atoms with E-state index in [0.717, 1.165) is 5.69 Å². The lowest BCUT2D eigenvalue weighted by Gasteiger charge is -2.17. The lowest BCUT2D eigenvalue weighted by Crippen LogP contribution is -2.39. The van der Waals surface area contributed by atoms with Gasteiger partial charge in [-0.25, -0.2) is 0 Å². The zero-order valence-corrected chi connectivity index (χ0v) is 13.5. The number of nitrogens with one attached hydrogen (secondary N) is 2. The number of nitrogens with zero attached hydrogens (tertiary/aromatic N) is 2. The van der Waals surface area contributed by atoms with E-state index in [-0.39, 0.29) is 10.9 Å². The Balaban J connectivity index is 2.83. The lowest BCUT2D eigenvalue weighted by atomic mass is 10.2. The Kier molecular flexibility index (Phi) is 5.50. The number of anilines is 1. The molecule has 0 saturated heterocycles. The van der Waals surface area contributed by atoms with E-state index in [1.807, 2.05) is 20.8 Å². The first-order chi connectivity index (χ1) is 9.23. The normalized spacial score (nSPS) is 12.3. The van der Waals surface area contributed by atoms with E-state index in [2.05, 4.69) is 15.7 Å². The second-order valence-electron chi connectivity index (χ2n) is 5.30. The van der Waals surface area contributed by atoms with Crippen LogP contribution in [0.3, 0.4) is 0 Å². The van der Waals surface area contributed by atoms with E-state index >= 15 is 0 Å². The van der Waals surface area contributed by atoms with Crippen molar-refractivity contribution < 1.29 is 4.79 Å². The highest BCUT2D eigenvalue weighted by Crippen LogP contribution is 2.19. The third-order valence-electron chi connectivity index (χ3n) is 2.90. The van der Waals surface area contributed by atoms with Gasteiger partial charge in [0.05, 0.1) is 11.3 Å². The molecular weight excluding hydrogens is 274 g/mol. The SMILES string of the molecule is Cc1nn(C)c(NC(C)C(=O)NCC(C)C)c1C(N)=S. The molecule has 7 heteroatoms. The number of thiocarbonyl (C=S) groups is 1. The molecular formula is C13H23N5OS. The largest absolute Gasteiger partial charge is 0.389 e. The standard InChI is InChI=1S/C13H23N5OS/c1-7(2)6-15-13(19)9(4)16-12-10(11(14)20)8(3)17-18(12)5/h7,9,16H,6H2,1-5H3,(H2,14,20)(H,15,19). The van der Waals surface area contributed by atoms with Crippen LogP contribution in [0.1, 0.15) is 32.0 Å². The minimum absolute atomic E-state index is 0.0635. The van der Waals surface area contributed by atoms with Crippen molar-refractivity contribution in [2.24, 2.45) is 18.7 Å². The van der Waals surface area contributed by atoms with Gasteiger partial charge in [0.25, 0.3) is 0 Å². The first kappa shape index (κ1) is 16.4. The molecule has 1 aromatic heterocycles. The van der Waals surface area contributed by atoms with Gasteiger partial charge in [-0.15, -0.1) is 0 Å². The molecule has 6 nitrogen and oxygen atoms in total. The minimum atomic E-state index is -0.392. The maximum atomic E-state index is 12.0. The van der Waals surface area contributed by atoms with Crippen LogP contribution in [0.4, 0.5) is 5.82 Å². The van der Waals surface area contributed by atoms with Crippen molar-refractivity contribution in [3.05, 3.63) is 11.3 Å². The van der Waals surface area contributed by atoms with E-state index in [1.165, 1.54) is 0 Å². The predicted octanol–water partition coefficient (Wildman–Crippen LogP) is 0.935. The Labute approximate surface area is 125 Å². The molecule has 1 amide bonds. The second-order valence-corrected chi connectivity index (χ2v) is 5.74. The van der Waals surface area contributed by atoms with Crippen LogP contribution >= 0.6 is 12.2 Å². The van der Waals surface area contributed by atoms with Gasteiger partial charge in [-0.3, -0.25) is 9.48 Å². The number of aryl methyl sites for hydroxylation is 2. The zero-order valence-electron chi connectivity index (χ0n) is 12.7. The fourth-order valence-corrected chi connectivity index (χ4v) is 2.09. The highest BCUT2D eigenvalue weighted by atomic mass is 32.1. The van der Waals surface area contributed by atoms with Gasteiger partial charge in [0.2, 0.25) is 5.91 Å². The average Bonchev–Trinajstić information content (AvgIpc) is 2.60. The molecule has 1 rings (SSSR count). The number of hydrogen-bond acceptors (Lipinski definition) is 4. The number of carbonyl (C=O) groups excluding carboxylic acids is 1. The summed E-state index contributed by atoms with van der Waals surface area (Å²) in [6.07, 6.45) is 0. The molecule has 112 valence electrons. The summed E-state index contributed by atoms with van der Waals surface area (Å²) in [6.45, 7) is 8.38. The van der Waals surface area contributed by atoms with Crippen molar-refractivity contribution in [2.75, 3.05) is 11.9 Å². The van der Waals surface area contributed by atoms with Crippen molar-refractivity contribution in [1.29, 1.82) is 0 Å². The minimum Gasteiger partial charge on any atom is -0.389 e. The third-order valence-corrected chi connectivity index (χ3v) is 3.10. The number of hydrogen-bond donors (Lipinski definition) is 3. The topological polar surface area (TPSA) is 85.0 Å². The highest BCUT2D eigenvalue weighted by Gasteiger charge is 2.20. The summed E-state index contributed by atoms with van der Waals surface area (Å²) in [5.74, 6) is 1.02. The molecule has 1 atom stereocenters. The zero-order chi connectivity index (χ0) is 15.4. The first-order valence-electron chi connectivity index (χ1n) is 6.61. The number of carbonyl (C=O) groups is 1. The van der Waals surface area contributed by atoms with E-state index in [4.69, 9.17) is 18.0 Å². The van der Waals surface area contributed by atoms with Gasteiger partial charge in [-0.05, 0) is 19.8 Å². The fraction of sp³-hybridized carbons (Fsp3) is 0.615. The Morgan fingerprint density at radius 3 is 2.55 bits per heavy atom. The van der Waals surface area contributed by atoms with Crippen molar-refractivity contribution in [3.8, 4) is 0 Å². The number of nitrogens with two attached hydrogens (primary N) is 1. The van der Waals surface area contributed by atoms with Crippen LogP contribution < -0.4 is 16.4 Å². The molecule has 0 fully saturated rings. The summed E-state index contributed by atoms with van der Waals surface area (Å²) < 4.78 is 1.65. The molecule has 0 aromatic carbocycles. The van der Waals surface area contributed by atoms with E-state index in [0.29, 0.717) is 23.8 Å². The Hall–Kier alpha value is -1.63. The van der Waals surface area contributed by atoms with Gasteiger partial charge in [0.1, 0.15) is 16.8 Å². The highest BCUT2D eigenvalue weighted by molar-refractivity contribution is 7.80. The molecule has 0 radical (unpaired) electrons. The fourth-order valence-electron chi connectivity index (χ4n) is 1.85. The van der Waals surface area contributed by atoms with Crippen LogP contribution in [0, 0.1) is 12.8 Å². The van der Waals surface area contributed by atoms with Gasteiger partial charge in [-0.2, -0.15) is 5.10 Å². The van der Waals surface area contributed by atoms with Crippen molar-refractivity contribution in [3.63, 3.8) is 0 Å². The smallest absolute Gasteiger partial charge is 0.242 e. The maximum absolute atomic E-state index is 12.0. The second kappa shape index (κ2) is 6.69. The Morgan fingerprint density at radius 2 is 2.05 bits per heavy atom. The van der Waals surface area contributed by atoms with Crippen LogP contribution in [0.15, 0.2) is 0 Å². The molecule has 4 N–H and O–H groups in total. The summed E-state index contributed by atoms with van der Waals surface area (Å²) >= 11 is 5.04. The van der Waals surface area contributed by atoms with Gasteiger partial charge in [-0.1, -0.05) is 26.1 Å². The van der Waals surface area contributed by atoms with E-state index in [1.54, 1.807) is 18.7 Å². The molecule has 0 spiro atoms. The van der Waals surface area contributed by atoms with Crippen LogP contribution in [0.25, 0.3) is 0 Å². The van der Waals surface area contributed by atoms with Crippen LogP contribution in [0.5, 0.6) is 0 Å². The van der Waals surface area contributed by atoms with Gasteiger partial charge < -0.3 is 16.4 Å². The quantitative estimate of drug-likeness (QED) is 0.680. The van der Waals surface area contributed by atoms with Gasteiger partial charge in [0, 0.05) is 13.6 Å². The van der Waals surface area contributed by atoms with Crippen LogP contribution in [0.2, 0.25) is 0 Å². The Bertz CT molecular complexity index is 509. The molecule has 1 unspecified atom stereocenters. The molecule has 20 heavy (non-hydrogen) atoms. The average molecular weight is 297 g/mol. The van der Waals surface area contributed by atoms with Crippen molar-refractivity contribution >= 4 is 28.9 Å². The summed E-state index contributed by atoms with van der Waals surface area (Å²) in [5, 5.41) is 10.3. The first-order valence-corrected chi connectivity index (χ1v) is 7.02. The van der Waals surface area contributed by atoms with Crippen molar-refractivity contribution in [2.45, 2.75) is 33.7 Å². The van der Waals surface area contributed by atoms with Crippen LogP contribution in [-0.2, 0) is 11.8 Å². The summed E-state index contributed by atoms with van der Waals surface area (Å²) in [5.41, 5.74) is 7.15. The molecule has 1 heterocycles. The molecule has 1 aromatic rings. The molecule has 0 aliphatic carbocycles. The number of aromatic nitrogens is 2. The van der Waals surface area contributed by atoms with E-state index in [9.17, 15) is 4.79 Å². The molecule has 0 bridgehead atoms. The summed E-state index contributed by atoms with van der Waals surface area (Å²) in [4.78, 5) is 12.3. The lowest BCUT2D eigenvalue weighted by molar-refractivity contribution is -0.121. The molecule has 0 aliphatic rings. The van der Waals surface area contributed by atoms with Gasteiger partial charge in [0.15, 0.2) is 0 Å².